The Morgan fingerprint density at radius 2 is 1.93 bits per heavy atom. The Labute approximate surface area is 181 Å². The molecule has 1 amide bonds. The smallest absolute Gasteiger partial charge is 0.309 e. The van der Waals surface area contributed by atoms with E-state index in [9.17, 15) is 9.59 Å². The zero-order valence-electron chi connectivity index (χ0n) is 17.1. The highest BCUT2D eigenvalue weighted by atomic mass is 32.2. The van der Waals surface area contributed by atoms with Crippen LogP contribution < -0.4 is 4.90 Å². The van der Waals surface area contributed by atoms with E-state index in [0.29, 0.717) is 22.5 Å². The molecule has 6 nitrogen and oxygen atoms in total. The van der Waals surface area contributed by atoms with Crippen molar-refractivity contribution in [1.29, 1.82) is 0 Å². The van der Waals surface area contributed by atoms with Crippen molar-refractivity contribution in [2.45, 2.75) is 19.8 Å². The van der Waals surface area contributed by atoms with Gasteiger partial charge in [-0.2, -0.15) is 0 Å². The van der Waals surface area contributed by atoms with Gasteiger partial charge in [-0.15, -0.1) is 0 Å². The minimum absolute atomic E-state index is 0.0394. The zero-order chi connectivity index (χ0) is 21.0. The Bertz CT molecular complexity index is 800. The van der Waals surface area contributed by atoms with E-state index >= 15 is 0 Å². The van der Waals surface area contributed by atoms with Gasteiger partial charge in [0.1, 0.15) is 4.32 Å². The fraction of sp³-hybridized carbons (Fsp3) is 0.476. The predicted molar refractivity (Wildman–Crippen MR) is 122 cm³/mol. The van der Waals surface area contributed by atoms with Crippen molar-refractivity contribution in [1.82, 2.24) is 9.80 Å². The van der Waals surface area contributed by atoms with Crippen molar-refractivity contribution >= 4 is 51.9 Å². The number of thioether (sulfide) groups is 1. The number of rotatable bonds is 6. The Morgan fingerprint density at radius 1 is 1.28 bits per heavy atom. The molecular formula is C21H27N3O3S2. The van der Waals surface area contributed by atoms with Gasteiger partial charge in [0, 0.05) is 32.9 Å². The van der Waals surface area contributed by atoms with Crippen molar-refractivity contribution < 1.29 is 14.3 Å². The Morgan fingerprint density at radius 3 is 2.52 bits per heavy atom. The number of hydrogen-bond donors (Lipinski definition) is 0. The monoisotopic (exact) mass is 433 g/mol. The highest BCUT2D eigenvalue weighted by molar-refractivity contribution is 8.26. The summed E-state index contributed by atoms with van der Waals surface area (Å²) in [5.74, 6) is -0.201. The molecule has 1 aromatic carbocycles. The van der Waals surface area contributed by atoms with E-state index in [-0.39, 0.29) is 17.8 Å². The molecule has 1 aromatic rings. The van der Waals surface area contributed by atoms with Crippen LogP contribution in [-0.2, 0) is 14.3 Å². The molecule has 0 spiro atoms. The number of piperidine rings is 1. The quantitative estimate of drug-likeness (QED) is 0.388. The maximum absolute atomic E-state index is 12.9. The maximum Gasteiger partial charge on any atom is 0.309 e. The second-order valence-corrected chi connectivity index (χ2v) is 9.06. The second-order valence-electron chi connectivity index (χ2n) is 7.38. The molecule has 0 N–H and O–H groups in total. The van der Waals surface area contributed by atoms with Gasteiger partial charge in [0.15, 0.2) is 0 Å². The first-order valence-corrected chi connectivity index (χ1v) is 11.0. The van der Waals surface area contributed by atoms with E-state index in [1.807, 2.05) is 56.3 Å². The molecule has 2 aliphatic rings. The molecule has 0 saturated carbocycles. The molecule has 0 atom stereocenters. The van der Waals surface area contributed by atoms with Gasteiger partial charge in [-0.1, -0.05) is 36.1 Å². The molecule has 0 bridgehead atoms. The Balaban J connectivity index is 1.59. The largest absolute Gasteiger partial charge is 0.466 e. The first-order chi connectivity index (χ1) is 13.9. The Kier molecular flexibility index (Phi) is 7.32. The van der Waals surface area contributed by atoms with Gasteiger partial charge >= 0.3 is 5.97 Å². The van der Waals surface area contributed by atoms with Crippen LogP contribution in [0, 0.1) is 5.92 Å². The van der Waals surface area contributed by atoms with E-state index in [1.54, 1.807) is 4.90 Å². The van der Waals surface area contributed by atoms with Gasteiger partial charge in [-0.3, -0.25) is 19.4 Å². The fourth-order valence-corrected chi connectivity index (χ4v) is 4.65. The number of anilines is 1. The van der Waals surface area contributed by atoms with Gasteiger partial charge in [0.2, 0.25) is 0 Å². The molecule has 8 heteroatoms. The lowest BCUT2D eigenvalue weighted by atomic mass is 9.97. The summed E-state index contributed by atoms with van der Waals surface area (Å²) in [6, 6.07) is 8.06. The summed E-state index contributed by atoms with van der Waals surface area (Å²) in [5.41, 5.74) is 2.09. The summed E-state index contributed by atoms with van der Waals surface area (Å²) in [4.78, 5) is 31.3. The van der Waals surface area contributed by atoms with Crippen molar-refractivity contribution in [3.8, 4) is 0 Å². The number of hydrogen-bond acceptors (Lipinski definition) is 7. The minimum atomic E-state index is -0.110. The van der Waals surface area contributed by atoms with Crippen molar-refractivity contribution in [2.75, 3.05) is 45.4 Å². The predicted octanol–water partition coefficient (Wildman–Crippen LogP) is 3.19. The number of ether oxygens (including phenoxy) is 1. The number of nitrogens with zero attached hydrogens (tertiary/aromatic N) is 3. The molecule has 0 aliphatic carbocycles. The molecule has 2 saturated heterocycles. The summed E-state index contributed by atoms with van der Waals surface area (Å²) >= 11 is 6.80. The van der Waals surface area contributed by atoms with E-state index in [0.717, 1.165) is 37.2 Å². The first kappa shape index (κ1) is 21.8. The molecular weight excluding hydrogens is 406 g/mol. The number of benzene rings is 1. The van der Waals surface area contributed by atoms with Crippen LogP contribution >= 0.6 is 24.0 Å². The molecule has 2 fully saturated rings. The third kappa shape index (κ3) is 5.38. The molecule has 156 valence electrons. The lowest BCUT2D eigenvalue weighted by Gasteiger charge is -2.33. The van der Waals surface area contributed by atoms with Crippen LogP contribution in [0.1, 0.15) is 25.3 Å². The highest BCUT2D eigenvalue weighted by Crippen LogP contribution is 2.33. The van der Waals surface area contributed by atoms with Crippen LogP contribution in [-0.4, -0.2) is 66.5 Å². The van der Waals surface area contributed by atoms with Gasteiger partial charge < -0.3 is 9.64 Å². The second kappa shape index (κ2) is 9.73. The number of carbonyl (C=O) groups is 2. The van der Waals surface area contributed by atoms with Gasteiger partial charge in [-0.05, 0) is 43.5 Å². The summed E-state index contributed by atoms with van der Waals surface area (Å²) in [6.07, 6.45) is 3.40. The van der Waals surface area contributed by atoms with Gasteiger partial charge in [-0.25, -0.2) is 0 Å². The van der Waals surface area contributed by atoms with E-state index in [1.165, 1.54) is 11.8 Å². The van der Waals surface area contributed by atoms with Crippen molar-refractivity contribution in [3.05, 3.63) is 34.7 Å². The molecule has 29 heavy (non-hydrogen) atoms. The molecule has 0 aromatic heterocycles. The third-order valence-corrected chi connectivity index (χ3v) is 6.51. The topological polar surface area (TPSA) is 53.1 Å². The SMILES string of the molecule is CCOC(=O)C1CCN(CN2C(=O)/C(=C\c3ccc(N(C)C)cc3)SC2=S)CC1. The summed E-state index contributed by atoms with van der Waals surface area (Å²) in [7, 11) is 3.99. The van der Waals surface area contributed by atoms with Crippen LogP contribution in [0.5, 0.6) is 0 Å². The van der Waals surface area contributed by atoms with Crippen LogP contribution in [0.4, 0.5) is 5.69 Å². The number of carbonyl (C=O) groups excluding carboxylic acids is 2. The summed E-state index contributed by atoms with van der Waals surface area (Å²) < 4.78 is 5.70. The van der Waals surface area contributed by atoms with E-state index < -0.39 is 0 Å². The number of thiocarbonyl (C=S) groups is 1. The van der Waals surface area contributed by atoms with Crippen molar-refractivity contribution in [2.24, 2.45) is 5.92 Å². The highest BCUT2D eigenvalue weighted by Gasteiger charge is 2.34. The molecule has 2 aliphatic heterocycles. The van der Waals surface area contributed by atoms with Crippen LogP contribution in [0.25, 0.3) is 6.08 Å². The average molecular weight is 434 g/mol. The standard InChI is InChI=1S/C21H27N3O3S2/c1-4-27-20(26)16-9-11-23(12-10-16)14-24-19(25)18(29-21(24)28)13-15-5-7-17(8-6-15)22(2)3/h5-8,13,16H,4,9-12,14H2,1-3H3/b18-13+. The first-order valence-electron chi connectivity index (χ1n) is 9.80. The van der Waals surface area contributed by atoms with Gasteiger partial charge in [0.05, 0.1) is 24.1 Å². The zero-order valence-corrected chi connectivity index (χ0v) is 18.7. The summed E-state index contributed by atoms with van der Waals surface area (Å²) in [5, 5.41) is 0. The van der Waals surface area contributed by atoms with E-state index in [2.05, 4.69) is 4.90 Å². The normalized spacial score (nSPS) is 19.8. The minimum Gasteiger partial charge on any atom is -0.466 e. The van der Waals surface area contributed by atoms with Gasteiger partial charge in [0.25, 0.3) is 5.91 Å². The molecule has 2 heterocycles. The summed E-state index contributed by atoms with van der Waals surface area (Å²) in [6.45, 7) is 4.22. The van der Waals surface area contributed by atoms with E-state index in [4.69, 9.17) is 17.0 Å². The lowest BCUT2D eigenvalue weighted by Crippen LogP contribution is -2.45. The van der Waals surface area contributed by atoms with Crippen LogP contribution in [0.15, 0.2) is 29.2 Å². The number of likely N-dealkylation sites (tertiary alicyclic amines) is 1. The lowest BCUT2D eigenvalue weighted by molar-refractivity contribution is -0.150. The molecule has 0 unspecified atom stereocenters. The number of amides is 1. The van der Waals surface area contributed by atoms with Crippen LogP contribution in [0.2, 0.25) is 0 Å². The maximum atomic E-state index is 12.9. The fourth-order valence-electron chi connectivity index (χ4n) is 3.41. The number of esters is 1. The van der Waals surface area contributed by atoms with Crippen molar-refractivity contribution in [3.63, 3.8) is 0 Å². The third-order valence-electron chi connectivity index (χ3n) is 5.13. The molecule has 3 rings (SSSR count). The van der Waals surface area contributed by atoms with Crippen LogP contribution in [0.3, 0.4) is 0 Å². The molecule has 0 radical (unpaired) electrons. The Hall–Kier alpha value is -1.90. The average Bonchev–Trinajstić information content (AvgIpc) is 2.96.